The van der Waals surface area contributed by atoms with Crippen LogP contribution in [0.3, 0.4) is 0 Å². The van der Waals surface area contributed by atoms with Gasteiger partial charge in [0.1, 0.15) is 0 Å². The maximum absolute atomic E-state index is 8.59. The first-order valence-corrected chi connectivity index (χ1v) is 3.46. The van der Waals surface area contributed by atoms with Crippen molar-refractivity contribution in [1.82, 2.24) is 0 Å². The summed E-state index contributed by atoms with van der Waals surface area (Å²) in [6, 6.07) is 0. The maximum Gasteiger partial charge on any atom is 2.00 e. The zero-order valence-corrected chi connectivity index (χ0v) is 7.93. The Bertz CT molecular complexity index is 91.2. The largest absolute Gasteiger partial charge is 2.00 e. The average molecular weight is 226 g/mol. The van der Waals surface area contributed by atoms with Crippen LogP contribution in [0.5, 0.6) is 0 Å². The molecular formula is H2O5SeZn. The Labute approximate surface area is 54.7 Å². The first-order valence-electron chi connectivity index (χ1n) is 0.667. The fourth-order valence-electron chi connectivity index (χ4n) is 0. The van der Waals surface area contributed by atoms with Crippen molar-refractivity contribution in [2.45, 2.75) is 0 Å². The normalized spacial score (nSPS) is 8.29. The molecule has 2 N–H and O–H groups in total. The van der Waals surface area contributed by atoms with E-state index >= 15 is 0 Å². The van der Waals surface area contributed by atoms with E-state index < -0.39 is 13.4 Å². The summed E-state index contributed by atoms with van der Waals surface area (Å²) in [5.41, 5.74) is 0. The second-order valence-corrected chi connectivity index (χ2v) is 2.12. The van der Waals surface area contributed by atoms with Crippen LogP contribution in [0.4, 0.5) is 0 Å². The van der Waals surface area contributed by atoms with Gasteiger partial charge in [-0.2, -0.15) is 0 Å². The third-order valence-electron chi connectivity index (χ3n) is 0. The maximum atomic E-state index is 8.59. The second kappa shape index (κ2) is 4.77. The molecule has 40 valence electrons. The molecule has 0 aromatic rings. The third kappa shape index (κ3) is 365. The molecule has 0 heterocycles. The summed E-state index contributed by atoms with van der Waals surface area (Å²) < 4.78 is 34.4. The van der Waals surface area contributed by atoms with E-state index in [1.807, 2.05) is 0 Å². The van der Waals surface area contributed by atoms with E-state index in [2.05, 4.69) is 0 Å². The van der Waals surface area contributed by atoms with Gasteiger partial charge in [-0.25, -0.2) is 0 Å². The fraction of sp³-hybridized carbons (Fsp3) is 0. The molecule has 0 spiro atoms. The van der Waals surface area contributed by atoms with Gasteiger partial charge in [-0.05, 0) is 0 Å². The van der Waals surface area contributed by atoms with Gasteiger partial charge in [0, 0.05) is 0 Å². The van der Waals surface area contributed by atoms with Gasteiger partial charge in [-0.1, -0.05) is 0 Å². The van der Waals surface area contributed by atoms with Crippen molar-refractivity contribution >= 4 is 13.4 Å². The van der Waals surface area contributed by atoms with Gasteiger partial charge in [0.25, 0.3) is 0 Å². The third-order valence-corrected chi connectivity index (χ3v) is 0. The zero-order chi connectivity index (χ0) is 4.50. The monoisotopic (exact) mass is 226 g/mol. The number of hydrogen-bond donors (Lipinski definition) is 0. The Kier molecular flexibility index (Phi) is 10.7. The van der Waals surface area contributed by atoms with Crippen LogP contribution in [-0.2, 0) is 27.1 Å². The summed E-state index contributed by atoms with van der Waals surface area (Å²) in [5.74, 6) is 0. The van der Waals surface area contributed by atoms with Crippen molar-refractivity contribution in [3.05, 3.63) is 0 Å². The molecule has 0 aromatic carbocycles. The molecule has 0 fully saturated rings. The topological polar surface area (TPSA) is 112 Å². The molecule has 0 saturated heterocycles. The zero-order valence-electron chi connectivity index (χ0n) is 3.25. The molecule has 0 amide bonds. The standard InChI is InChI=1S/H2O4Se.H2O.Zn/c1-5(2,3)4;;/h(H2,1,2,3,4);1H2;/q;;+2/p-2. The molecular weight excluding hydrogens is 224 g/mol. The summed E-state index contributed by atoms with van der Waals surface area (Å²) in [6.07, 6.45) is 0. The van der Waals surface area contributed by atoms with Crippen molar-refractivity contribution in [1.29, 1.82) is 0 Å². The molecule has 0 atom stereocenters. The van der Waals surface area contributed by atoms with Crippen LogP contribution in [0.25, 0.3) is 0 Å². The van der Waals surface area contributed by atoms with Gasteiger partial charge >= 0.3 is 48.9 Å². The molecule has 0 aliphatic rings. The smallest absolute Gasteiger partial charge is 2.00 e. The van der Waals surface area contributed by atoms with E-state index in [0.717, 1.165) is 0 Å². The van der Waals surface area contributed by atoms with Crippen molar-refractivity contribution in [2.75, 3.05) is 0 Å². The molecule has 0 aromatic heterocycles. The van der Waals surface area contributed by atoms with Crippen LogP contribution in [0.15, 0.2) is 0 Å². The number of rotatable bonds is 0. The van der Waals surface area contributed by atoms with E-state index in [0.29, 0.717) is 0 Å². The molecule has 7 heavy (non-hydrogen) atoms. The van der Waals surface area contributed by atoms with E-state index in [9.17, 15) is 0 Å². The van der Waals surface area contributed by atoms with Crippen LogP contribution in [0.1, 0.15) is 0 Å². The average Bonchev–Trinajstić information content (AvgIpc) is 0.722. The quantitative estimate of drug-likeness (QED) is 0.394. The van der Waals surface area contributed by atoms with Crippen LogP contribution in [0, 0.1) is 0 Å². The molecule has 7 heteroatoms. The van der Waals surface area contributed by atoms with Gasteiger partial charge in [0.05, 0.1) is 0 Å². The summed E-state index contributed by atoms with van der Waals surface area (Å²) >= 11 is -5.75. The van der Waals surface area contributed by atoms with Crippen molar-refractivity contribution in [3.63, 3.8) is 0 Å². The molecule has 0 aliphatic heterocycles. The first kappa shape index (κ1) is 15.6. The molecule has 0 aliphatic carbocycles. The Balaban J connectivity index is -0.0000000800. The minimum Gasteiger partial charge on any atom is 2.00 e. The summed E-state index contributed by atoms with van der Waals surface area (Å²) in [6.45, 7) is 0. The summed E-state index contributed by atoms with van der Waals surface area (Å²) in [4.78, 5) is 0. The molecule has 5 nitrogen and oxygen atoms in total. The SMILES string of the molecule is O.O=[Se](=O)([O-])[O-].[Zn+2]. The van der Waals surface area contributed by atoms with E-state index in [4.69, 9.17) is 16.0 Å². The van der Waals surface area contributed by atoms with E-state index in [1.165, 1.54) is 0 Å². The molecule has 0 rings (SSSR count). The van der Waals surface area contributed by atoms with Crippen LogP contribution in [0.2, 0.25) is 0 Å². The van der Waals surface area contributed by atoms with E-state index in [1.54, 1.807) is 0 Å². The second-order valence-electron chi connectivity index (χ2n) is 0.408. The van der Waals surface area contributed by atoms with Gasteiger partial charge in [0.15, 0.2) is 0 Å². The summed E-state index contributed by atoms with van der Waals surface area (Å²) in [5, 5.41) is 0. The van der Waals surface area contributed by atoms with Crippen LogP contribution >= 0.6 is 0 Å². The van der Waals surface area contributed by atoms with Crippen LogP contribution < -0.4 is 8.38 Å². The van der Waals surface area contributed by atoms with Gasteiger partial charge in [-0.3, -0.25) is 0 Å². The predicted molar refractivity (Wildman–Crippen MR) is 10.7 cm³/mol. The van der Waals surface area contributed by atoms with Crippen molar-refractivity contribution < 1.29 is 41.0 Å². The van der Waals surface area contributed by atoms with Gasteiger partial charge in [-0.15, -0.1) is 0 Å². The molecule has 0 radical (unpaired) electrons. The minimum atomic E-state index is -5.75. The summed E-state index contributed by atoms with van der Waals surface area (Å²) in [7, 11) is 0. The number of hydrogen-bond acceptors (Lipinski definition) is 4. The van der Waals surface area contributed by atoms with Crippen LogP contribution in [-0.4, -0.2) is 18.8 Å². The molecule has 0 unspecified atom stereocenters. The molecule has 0 bridgehead atoms. The fourth-order valence-corrected chi connectivity index (χ4v) is 0. The van der Waals surface area contributed by atoms with E-state index in [-0.39, 0.29) is 25.0 Å². The Morgan fingerprint density at radius 3 is 1.14 bits per heavy atom. The van der Waals surface area contributed by atoms with Crippen molar-refractivity contribution in [3.8, 4) is 0 Å². The minimum absolute atomic E-state index is 0. The molecule has 0 saturated carbocycles. The van der Waals surface area contributed by atoms with Crippen molar-refractivity contribution in [2.24, 2.45) is 0 Å². The Morgan fingerprint density at radius 2 is 1.14 bits per heavy atom. The Hall–Kier alpha value is 0.623. The van der Waals surface area contributed by atoms with Gasteiger partial charge in [0.2, 0.25) is 0 Å². The Morgan fingerprint density at radius 1 is 1.14 bits per heavy atom. The first-order chi connectivity index (χ1) is 2.00. The predicted octanol–water partition coefficient (Wildman–Crippen LogP) is -3.82. The van der Waals surface area contributed by atoms with Gasteiger partial charge < -0.3 is 5.48 Å².